The highest BCUT2D eigenvalue weighted by Gasteiger charge is 2.12. The Morgan fingerprint density at radius 2 is 1.95 bits per heavy atom. The molecular formula is C16H15ClN4O. The Kier molecular flexibility index (Phi) is 4.06. The molecule has 0 saturated heterocycles. The van der Waals surface area contributed by atoms with Gasteiger partial charge in [0.05, 0.1) is 11.6 Å². The van der Waals surface area contributed by atoms with Crippen LogP contribution in [0.2, 0.25) is 5.02 Å². The fourth-order valence-electron chi connectivity index (χ4n) is 2.29. The zero-order valence-corrected chi connectivity index (χ0v) is 12.8. The van der Waals surface area contributed by atoms with Crippen molar-refractivity contribution in [3.8, 4) is 0 Å². The van der Waals surface area contributed by atoms with E-state index in [1.165, 1.54) is 0 Å². The van der Waals surface area contributed by atoms with E-state index in [4.69, 9.17) is 11.6 Å². The Labute approximate surface area is 132 Å². The van der Waals surface area contributed by atoms with Crippen molar-refractivity contribution >= 4 is 28.5 Å². The maximum absolute atomic E-state index is 12.2. The molecule has 0 saturated carbocycles. The van der Waals surface area contributed by atoms with Crippen LogP contribution in [0.15, 0.2) is 48.5 Å². The normalized spacial score (nSPS) is 12.3. The van der Waals surface area contributed by atoms with Gasteiger partial charge < -0.3 is 5.32 Å². The molecule has 1 aromatic heterocycles. The lowest BCUT2D eigenvalue weighted by Gasteiger charge is -2.14. The number of carbonyl (C=O) groups excluding carboxylic acids is 1. The molecule has 22 heavy (non-hydrogen) atoms. The Morgan fingerprint density at radius 3 is 2.73 bits per heavy atom. The average Bonchev–Trinajstić information content (AvgIpc) is 2.91. The molecule has 0 bridgehead atoms. The number of aromatic nitrogens is 3. The summed E-state index contributed by atoms with van der Waals surface area (Å²) in [4.78, 5) is 12.2. The molecule has 6 heteroatoms. The van der Waals surface area contributed by atoms with E-state index < -0.39 is 0 Å². The Morgan fingerprint density at radius 1 is 1.23 bits per heavy atom. The van der Waals surface area contributed by atoms with Gasteiger partial charge >= 0.3 is 0 Å². The molecule has 3 aromatic rings. The highest BCUT2D eigenvalue weighted by molar-refractivity contribution is 6.30. The highest BCUT2D eigenvalue weighted by atomic mass is 35.5. The second-order valence-corrected chi connectivity index (χ2v) is 5.51. The standard InChI is InChI=1S/C16H15ClN4O/c1-11(12-6-8-13(17)9-7-12)18-16(22)10-21-15-5-3-2-4-14(15)19-20-21/h2-9,11H,10H2,1H3,(H,18,22)/t11-/m0/s1. The first kappa shape index (κ1) is 14.5. The van der Waals surface area contributed by atoms with E-state index in [2.05, 4.69) is 15.6 Å². The van der Waals surface area contributed by atoms with Gasteiger partial charge in [0.15, 0.2) is 0 Å². The molecule has 0 aliphatic carbocycles. The Balaban J connectivity index is 1.68. The van der Waals surface area contributed by atoms with E-state index in [0.29, 0.717) is 5.02 Å². The fraction of sp³-hybridized carbons (Fsp3) is 0.188. The van der Waals surface area contributed by atoms with Crippen molar-refractivity contribution in [2.75, 3.05) is 0 Å². The van der Waals surface area contributed by atoms with E-state index in [1.54, 1.807) is 4.68 Å². The van der Waals surface area contributed by atoms with Gasteiger partial charge in [0.1, 0.15) is 12.1 Å². The average molecular weight is 315 g/mol. The van der Waals surface area contributed by atoms with Crippen LogP contribution >= 0.6 is 11.6 Å². The maximum Gasteiger partial charge on any atom is 0.242 e. The summed E-state index contributed by atoms with van der Waals surface area (Å²) in [5, 5.41) is 11.7. The summed E-state index contributed by atoms with van der Waals surface area (Å²) in [7, 11) is 0. The van der Waals surface area contributed by atoms with Gasteiger partial charge in [-0.3, -0.25) is 4.79 Å². The SMILES string of the molecule is C[C@H](NC(=O)Cn1nnc2ccccc21)c1ccc(Cl)cc1. The van der Waals surface area contributed by atoms with Crippen LogP contribution < -0.4 is 5.32 Å². The third kappa shape index (κ3) is 3.09. The maximum atomic E-state index is 12.2. The summed E-state index contributed by atoms with van der Waals surface area (Å²) >= 11 is 5.87. The molecule has 1 atom stereocenters. The molecule has 0 fully saturated rings. The molecule has 1 N–H and O–H groups in total. The number of para-hydroxylation sites is 1. The molecule has 1 amide bonds. The summed E-state index contributed by atoms with van der Waals surface area (Å²) in [5.41, 5.74) is 2.62. The van der Waals surface area contributed by atoms with E-state index in [0.717, 1.165) is 16.6 Å². The number of nitrogens with one attached hydrogen (secondary N) is 1. The molecule has 112 valence electrons. The molecule has 0 aliphatic heterocycles. The van der Waals surface area contributed by atoms with Crippen molar-refractivity contribution in [2.45, 2.75) is 19.5 Å². The Bertz CT molecular complexity index is 797. The van der Waals surface area contributed by atoms with E-state index in [-0.39, 0.29) is 18.5 Å². The Hall–Kier alpha value is -2.40. The van der Waals surface area contributed by atoms with Crippen LogP contribution in [0.5, 0.6) is 0 Å². The van der Waals surface area contributed by atoms with Gasteiger partial charge in [-0.1, -0.05) is 41.1 Å². The quantitative estimate of drug-likeness (QED) is 0.805. The van der Waals surface area contributed by atoms with Gasteiger partial charge in [-0.2, -0.15) is 0 Å². The molecule has 0 unspecified atom stereocenters. The zero-order valence-electron chi connectivity index (χ0n) is 12.0. The van der Waals surface area contributed by atoms with Gasteiger partial charge in [0.25, 0.3) is 0 Å². The first-order valence-electron chi connectivity index (χ1n) is 6.96. The molecular weight excluding hydrogens is 300 g/mol. The second kappa shape index (κ2) is 6.15. The zero-order chi connectivity index (χ0) is 15.5. The molecule has 0 spiro atoms. The topological polar surface area (TPSA) is 59.8 Å². The molecule has 0 aliphatic rings. The minimum Gasteiger partial charge on any atom is -0.348 e. The van der Waals surface area contributed by atoms with Crippen molar-refractivity contribution in [1.29, 1.82) is 0 Å². The number of benzene rings is 2. The minimum atomic E-state index is -0.113. The van der Waals surface area contributed by atoms with Gasteiger partial charge in [-0.15, -0.1) is 5.10 Å². The summed E-state index contributed by atoms with van der Waals surface area (Å²) in [6.07, 6.45) is 0. The lowest BCUT2D eigenvalue weighted by atomic mass is 10.1. The highest BCUT2D eigenvalue weighted by Crippen LogP contribution is 2.16. The van der Waals surface area contributed by atoms with Gasteiger partial charge in [0, 0.05) is 5.02 Å². The van der Waals surface area contributed by atoms with Crippen LogP contribution in [0, 0.1) is 0 Å². The molecule has 2 aromatic carbocycles. The number of nitrogens with zero attached hydrogens (tertiary/aromatic N) is 3. The van der Waals surface area contributed by atoms with Gasteiger partial charge in [-0.05, 0) is 36.8 Å². The molecule has 5 nitrogen and oxygen atoms in total. The number of amides is 1. The third-order valence-corrected chi connectivity index (χ3v) is 3.71. The minimum absolute atomic E-state index is 0.0976. The fourth-order valence-corrected chi connectivity index (χ4v) is 2.42. The molecule has 0 radical (unpaired) electrons. The van der Waals surface area contributed by atoms with Crippen LogP contribution in [0.4, 0.5) is 0 Å². The smallest absolute Gasteiger partial charge is 0.242 e. The first-order chi connectivity index (χ1) is 10.6. The van der Waals surface area contributed by atoms with E-state index in [9.17, 15) is 4.79 Å². The number of hydrogen-bond acceptors (Lipinski definition) is 3. The van der Waals surface area contributed by atoms with Crippen molar-refractivity contribution in [3.05, 3.63) is 59.1 Å². The summed E-state index contributed by atoms with van der Waals surface area (Å²) in [5.74, 6) is -0.113. The van der Waals surface area contributed by atoms with Crippen LogP contribution in [-0.4, -0.2) is 20.9 Å². The van der Waals surface area contributed by atoms with E-state index >= 15 is 0 Å². The third-order valence-electron chi connectivity index (χ3n) is 3.46. The second-order valence-electron chi connectivity index (χ2n) is 5.08. The van der Waals surface area contributed by atoms with Crippen molar-refractivity contribution in [1.82, 2.24) is 20.3 Å². The monoisotopic (exact) mass is 314 g/mol. The lowest BCUT2D eigenvalue weighted by Crippen LogP contribution is -2.30. The largest absolute Gasteiger partial charge is 0.348 e. The summed E-state index contributed by atoms with van der Waals surface area (Å²) < 4.78 is 1.60. The number of carbonyl (C=O) groups is 1. The number of hydrogen-bond donors (Lipinski definition) is 1. The van der Waals surface area contributed by atoms with Gasteiger partial charge in [-0.25, -0.2) is 4.68 Å². The van der Waals surface area contributed by atoms with Gasteiger partial charge in [0.2, 0.25) is 5.91 Å². The van der Waals surface area contributed by atoms with E-state index in [1.807, 2.05) is 55.5 Å². The first-order valence-corrected chi connectivity index (χ1v) is 7.34. The molecule has 3 rings (SSSR count). The summed E-state index contributed by atoms with van der Waals surface area (Å²) in [6, 6.07) is 14.9. The lowest BCUT2D eigenvalue weighted by molar-refractivity contribution is -0.122. The van der Waals surface area contributed by atoms with Crippen LogP contribution in [0.25, 0.3) is 11.0 Å². The van der Waals surface area contributed by atoms with Crippen molar-refractivity contribution in [2.24, 2.45) is 0 Å². The van der Waals surface area contributed by atoms with Crippen molar-refractivity contribution in [3.63, 3.8) is 0 Å². The van der Waals surface area contributed by atoms with Crippen LogP contribution in [0.3, 0.4) is 0 Å². The van der Waals surface area contributed by atoms with Crippen LogP contribution in [-0.2, 0) is 11.3 Å². The summed E-state index contributed by atoms with van der Waals surface area (Å²) in [6.45, 7) is 2.07. The predicted octanol–water partition coefficient (Wildman–Crippen LogP) is 2.96. The number of fused-ring (bicyclic) bond motifs is 1. The number of rotatable bonds is 4. The molecule has 1 heterocycles. The number of halogens is 1. The van der Waals surface area contributed by atoms with Crippen LogP contribution in [0.1, 0.15) is 18.5 Å². The van der Waals surface area contributed by atoms with Crippen molar-refractivity contribution < 1.29 is 4.79 Å². The predicted molar refractivity (Wildman–Crippen MR) is 85.5 cm³/mol.